The minimum absolute atomic E-state index is 0. The standard InChI is InChI=1S/C18H36O3.Fe/c1-2-3-4-5-6-7-8-9-10-11-12-13-14-15-16-17-18(19)21-20;/h20H,2-17H2,1H3;/q;+3. The molecular formula is C18H36FeO3+3. The van der Waals surface area contributed by atoms with E-state index >= 15 is 0 Å². The maximum Gasteiger partial charge on any atom is 3.00 e. The molecule has 0 aromatic heterocycles. The first kappa shape index (κ1) is 24.2. The second kappa shape index (κ2) is 20.9. The predicted molar refractivity (Wildman–Crippen MR) is 88.3 cm³/mol. The molecule has 0 rings (SSSR count). The zero-order valence-electron chi connectivity index (χ0n) is 14.4. The van der Waals surface area contributed by atoms with E-state index in [0.29, 0.717) is 6.42 Å². The van der Waals surface area contributed by atoms with E-state index in [1.165, 1.54) is 83.5 Å². The molecule has 22 heavy (non-hydrogen) atoms. The Balaban J connectivity index is 0. The number of unbranched alkanes of at least 4 members (excludes halogenated alkanes) is 14. The average Bonchev–Trinajstić information content (AvgIpc) is 2.50. The van der Waals surface area contributed by atoms with Gasteiger partial charge in [0, 0.05) is 6.42 Å². The van der Waals surface area contributed by atoms with Gasteiger partial charge >= 0.3 is 23.0 Å². The fraction of sp³-hybridized carbons (Fsp3) is 0.944. The summed E-state index contributed by atoms with van der Waals surface area (Å²) in [6.45, 7) is 2.27. The van der Waals surface area contributed by atoms with Gasteiger partial charge < -0.3 is 4.89 Å². The molecule has 0 aliphatic carbocycles. The molecule has 0 aromatic rings. The van der Waals surface area contributed by atoms with Crippen molar-refractivity contribution in [1.29, 1.82) is 0 Å². The smallest absolute Gasteiger partial charge is 0.301 e. The second-order valence-corrected chi connectivity index (χ2v) is 6.16. The van der Waals surface area contributed by atoms with E-state index in [4.69, 9.17) is 5.26 Å². The minimum atomic E-state index is -0.510. The molecule has 0 bridgehead atoms. The maximum atomic E-state index is 10.7. The second-order valence-electron chi connectivity index (χ2n) is 6.16. The molecule has 1 radical (unpaired) electrons. The van der Waals surface area contributed by atoms with E-state index in [1.807, 2.05) is 0 Å². The van der Waals surface area contributed by atoms with Crippen molar-refractivity contribution >= 4 is 5.97 Å². The third-order valence-corrected chi connectivity index (χ3v) is 4.09. The summed E-state index contributed by atoms with van der Waals surface area (Å²) in [5, 5.41) is 8.10. The van der Waals surface area contributed by atoms with Crippen LogP contribution in [-0.2, 0) is 26.8 Å². The summed E-state index contributed by atoms with van der Waals surface area (Å²) in [5.41, 5.74) is 0. The molecule has 0 fully saturated rings. The van der Waals surface area contributed by atoms with Gasteiger partial charge in [-0.15, -0.1) is 0 Å². The van der Waals surface area contributed by atoms with Gasteiger partial charge in [0.15, 0.2) is 0 Å². The van der Waals surface area contributed by atoms with Crippen molar-refractivity contribution in [1.82, 2.24) is 0 Å². The van der Waals surface area contributed by atoms with E-state index in [1.54, 1.807) is 0 Å². The van der Waals surface area contributed by atoms with Gasteiger partial charge in [0.2, 0.25) is 0 Å². The van der Waals surface area contributed by atoms with Crippen LogP contribution in [-0.4, -0.2) is 11.2 Å². The number of carbonyl (C=O) groups excluding carboxylic acids is 1. The Labute approximate surface area is 148 Å². The number of rotatable bonds is 16. The van der Waals surface area contributed by atoms with Gasteiger partial charge in [-0.05, 0) is 6.42 Å². The first-order chi connectivity index (χ1) is 10.3. The minimum Gasteiger partial charge on any atom is -0.301 e. The van der Waals surface area contributed by atoms with E-state index in [-0.39, 0.29) is 17.1 Å². The Morgan fingerprint density at radius 3 is 1.32 bits per heavy atom. The van der Waals surface area contributed by atoms with Crippen molar-refractivity contribution < 1.29 is 32.0 Å². The van der Waals surface area contributed by atoms with E-state index < -0.39 is 5.97 Å². The molecule has 0 heterocycles. The van der Waals surface area contributed by atoms with Crippen LogP contribution in [0.4, 0.5) is 0 Å². The van der Waals surface area contributed by atoms with E-state index in [0.717, 1.165) is 12.8 Å². The summed E-state index contributed by atoms with van der Waals surface area (Å²) in [4.78, 5) is 14.3. The third kappa shape index (κ3) is 19.9. The Bertz CT molecular complexity index is 222. The Kier molecular flexibility index (Phi) is 23.0. The van der Waals surface area contributed by atoms with Crippen molar-refractivity contribution in [3.8, 4) is 0 Å². The molecule has 0 amide bonds. The zero-order chi connectivity index (χ0) is 15.6. The number of hydrogen-bond donors (Lipinski definition) is 1. The molecule has 0 saturated heterocycles. The fourth-order valence-corrected chi connectivity index (χ4v) is 2.69. The SMILES string of the molecule is CCCCCCCCCCCCCCCCCC(=O)OO.[Fe+3]. The normalized spacial score (nSPS) is 10.3. The van der Waals surface area contributed by atoms with Gasteiger partial charge in [-0.25, -0.2) is 4.79 Å². The van der Waals surface area contributed by atoms with Crippen molar-refractivity contribution in [3.63, 3.8) is 0 Å². The summed E-state index contributed by atoms with van der Waals surface area (Å²) in [6.07, 6.45) is 20.0. The van der Waals surface area contributed by atoms with Crippen LogP contribution in [0.25, 0.3) is 0 Å². The van der Waals surface area contributed by atoms with Gasteiger partial charge in [0.05, 0.1) is 0 Å². The molecule has 3 nitrogen and oxygen atoms in total. The summed E-state index contributed by atoms with van der Waals surface area (Å²) in [5.74, 6) is -0.510. The molecule has 0 aromatic carbocycles. The van der Waals surface area contributed by atoms with Gasteiger partial charge in [-0.1, -0.05) is 96.8 Å². The first-order valence-electron chi connectivity index (χ1n) is 9.15. The van der Waals surface area contributed by atoms with Crippen LogP contribution in [0.3, 0.4) is 0 Å². The Morgan fingerprint density at radius 2 is 1.00 bits per heavy atom. The first-order valence-corrected chi connectivity index (χ1v) is 9.15. The molecule has 0 saturated carbocycles. The molecule has 0 spiro atoms. The Morgan fingerprint density at radius 1 is 0.682 bits per heavy atom. The van der Waals surface area contributed by atoms with Crippen molar-refractivity contribution in [3.05, 3.63) is 0 Å². The molecule has 0 unspecified atom stereocenters. The van der Waals surface area contributed by atoms with E-state index in [2.05, 4.69) is 11.8 Å². The number of carbonyl (C=O) groups is 1. The quantitative estimate of drug-likeness (QED) is 0.154. The van der Waals surface area contributed by atoms with Crippen molar-refractivity contribution in [2.45, 2.75) is 110 Å². The fourth-order valence-electron chi connectivity index (χ4n) is 2.69. The van der Waals surface area contributed by atoms with Gasteiger partial charge in [0.25, 0.3) is 0 Å². The van der Waals surface area contributed by atoms with Crippen LogP contribution in [0.5, 0.6) is 0 Å². The molecule has 4 heteroatoms. The molecule has 131 valence electrons. The van der Waals surface area contributed by atoms with Crippen molar-refractivity contribution in [2.24, 2.45) is 0 Å². The zero-order valence-corrected chi connectivity index (χ0v) is 15.5. The topological polar surface area (TPSA) is 46.5 Å². The summed E-state index contributed by atoms with van der Waals surface area (Å²) in [6, 6.07) is 0. The molecule has 0 aliphatic heterocycles. The number of hydrogen-bond acceptors (Lipinski definition) is 3. The predicted octanol–water partition coefficient (Wildman–Crippen LogP) is 6.26. The van der Waals surface area contributed by atoms with Crippen LogP contribution in [0.2, 0.25) is 0 Å². The van der Waals surface area contributed by atoms with Crippen molar-refractivity contribution in [2.75, 3.05) is 0 Å². The third-order valence-electron chi connectivity index (χ3n) is 4.09. The van der Waals surface area contributed by atoms with E-state index in [9.17, 15) is 4.79 Å². The van der Waals surface area contributed by atoms with Crippen LogP contribution >= 0.6 is 0 Å². The maximum absolute atomic E-state index is 10.7. The van der Waals surface area contributed by atoms with Crippen LogP contribution in [0, 0.1) is 0 Å². The van der Waals surface area contributed by atoms with Gasteiger partial charge in [-0.3, -0.25) is 0 Å². The Hall–Kier alpha value is -0.0505. The average molecular weight is 356 g/mol. The molecular weight excluding hydrogens is 320 g/mol. The largest absolute Gasteiger partial charge is 3.00 e. The summed E-state index contributed by atoms with van der Waals surface area (Å²) < 4.78 is 0. The van der Waals surface area contributed by atoms with Gasteiger partial charge in [-0.2, -0.15) is 5.26 Å². The molecule has 0 aliphatic rings. The molecule has 1 N–H and O–H groups in total. The summed E-state index contributed by atoms with van der Waals surface area (Å²) in [7, 11) is 0. The monoisotopic (exact) mass is 356 g/mol. The molecule has 0 atom stereocenters. The van der Waals surface area contributed by atoms with Crippen LogP contribution in [0.15, 0.2) is 0 Å². The van der Waals surface area contributed by atoms with Gasteiger partial charge in [0.1, 0.15) is 0 Å². The van der Waals surface area contributed by atoms with Crippen LogP contribution < -0.4 is 0 Å². The van der Waals surface area contributed by atoms with Crippen LogP contribution in [0.1, 0.15) is 110 Å². The summed E-state index contributed by atoms with van der Waals surface area (Å²) >= 11 is 0.